The van der Waals surface area contributed by atoms with E-state index in [0.717, 1.165) is 26.3 Å². The van der Waals surface area contributed by atoms with E-state index in [1.807, 2.05) is 17.9 Å². The Morgan fingerprint density at radius 2 is 2.19 bits per heavy atom. The van der Waals surface area contributed by atoms with E-state index in [-0.39, 0.29) is 6.04 Å². The molecular weight excluding hydrogens is 204 g/mol. The molecule has 5 nitrogen and oxygen atoms in total. The minimum Gasteiger partial charge on any atom is -0.379 e. The summed E-state index contributed by atoms with van der Waals surface area (Å²) >= 11 is 0. The van der Waals surface area contributed by atoms with Crippen molar-refractivity contribution < 1.29 is 4.74 Å². The molecule has 1 aliphatic heterocycles. The van der Waals surface area contributed by atoms with Crippen LogP contribution in [0.25, 0.3) is 0 Å². The van der Waals surface area contributed by atoms with E-state index in [0.29, 0.717) is 6.54 Å². The molecule has 0 saturated carbocycles. The number of hydrogen-bond acceptors (Lipinski definition) is 4. The summed E-state index contributed by atoms with van der Waals surface area (Å²) in [4.78, 5) is 2.38. The molecule has 1 aromatic heterocycles. The molecule has 0 spiro atoms. The van der Waals surface area contributed by atoms with Crippen LogP contribution in [0, 0.1) is 6.92 Å². The van der Waals surface area contributed by atoms with E-state index in [2.05, 4.69) is 16.9 Å². The molecule has 90 valence electrons. The number of nitrogens with two attached hydrogens (primary N) is 1. The fourth-order valence-electron chi connectivity index (χ4n) is 2.20. The lowest BCUT2D eigenvalue weighted by Crippen LogP contribution is -2.41. The molecule has 1 aliphatic rings. The smallest absolute Gasteiger partial charge is 0.0594 e. The number of hydrogen-bond donors (Lipinski definition) is 1. The van der Waals surface area contributed by atoms with Crippen molar-refractivity contribution in [2.75, 3.05) is 32.8 Å². The molecule has 1 atom stereocenters. The number of ether oxygens (including phenoxy) is 1. The fraction of sp³-hybridized carbons (Fsp3) is 0.727. The van der Waals surface area contributed by atoms with Gasteiger partial charge >= 0.3 is 0 Å². The Morgan fingerprint density at radius 3 is 2.69 bits per heavy atom. The molecule has 1 aromatic rings. The highest BCUT2D eigenvalue weighted by Gasteiger charge is 2.24. The van der Waals surface area contributed by atoms with Crippen LogP contribution in [0.2, 0.25) is 0 Å². The second kappa shape index (κ2) is 4.95. The van der Waals surface area contributed by atoms with Gasteiger partial charge in [0.25, 0.3) is 0 Å². The molecule has 0 amide bonds. The Balaban J connectivity index is 2.18. The maximum atomic E-state index is 5.89. The molecule has 1 unspecified atom stereocenters. The molecule has 2 rings (SSSR count). The first-order valence-corrected chi connectivity index (χ1v) is 5.74. The molecule has 16 heavy (non-hydrogen) atoms. The Labute approximate surface area is 96.2 Å². The lowest BCUT2D eigenvalue weighted by molar-refractivity contribution is 0.0177. The number of aryl methyl sites for hydroxylation is 1. The van der Waals surface area contributed by atoms with Crippen LogP contribution >= 0.6 is 0 Å². The van der Waals surface area contributed by atoms with E-state index >= 15 is 0 Å². The predicted molar refractivity (Wildman–Crippen MR) is 62.1 cm³/mol. The van der Waals surface area contributed by atoms with Crippen LogP contribution < -0.4 is 5.73 Å². The summed E-state index contributed by atoms with van der Waals surface area (Å²) in [6.07, 6.45) is 1.93. The van der Waals surface area contributed by atoms with Gasteiger partial charge in [0.1, 0.15) is 0 Å². The van der Waals surface area contributed by atoms with E-state index in [1.54, 1.807) is 0 Å². The summed E-state index contributed by atoms with van der Waals surface area (Å²) in [6, 6.07) is 0.276. The van der Waals surface area contributed by atoms with Gasteiger partial charge in [0.15, 0.2) is 0 Å². The zero-order valence-corrected chi connectivity index (χ0v) is 10.0. The van der Waals surface area contributed by atoms with Gasteiger partial charge in [0.05, 0.1) is 25.5 Å². The van der Waals surface area contributed by atoms with Crippen LogP contribution in [0.15, 0.2) is 6.20 Å². The largest absolute Gasteiger partial charge is 0.379 e. The molecule has 0 bridgehead atoms. The topological polar surface area (TPSA) is 56.3 Å². The molecule has 0 radical (unpaired) electrons. The van der Waals surface area contributed by atoms with Crippen LogP contribution in [0.1, 0.15) is 17.3 Å². The van der Waals surface area contributed by atoms with Crippen molar-refractivity contribution in [2.45, 2.75) is 13.0 Å². The Bertz CT molecular complexity index is 344. The third-order valence-electron chi connectivity index (χ3n) is 3.34. The van der Waals surface area contributed by atoms with Gasteiger partial charge in [-0.3, -0.25) is 9.58 Å². The summed E-state index contributed by atoms with van der Waals surface area (Å²) in [5, 5.41) is 4.28. The van der Waals surface area contributed by atoms with E-state index in [1.165, 1.54) is 11.3 Å². The Kier molecular flexibility index (Phi) is 3.58. The van der Waals surface area contributed by atoms with Crippen molar-refractivity contribution >= 4 is 0 Å². The van der Waals surface area contributed by atoms with E-state index < -0.39 is 0 Å². The van der Waals surface area contributed by atoms with Gasteiger partial charge in [-0.15, -0.1) is 0 Å². The van der Waals surface area contributed by atoms with Crippen molar-refractivity contribution in [2.24, 2.45) is 12.8 Å². The van der Waals surface area contributed by atoms with Gasteiger partial charge in [-0.05, 0) is 6.92 Å². The summed E-state index contributed by atoms with van der Waals surface area (Å²) in [5.41, 5.74) is 8.33. The number of rotatable bonds is 3. The van der Waals surface area contributed by atoms with Gasteiger partial charge in [-0.1, -0.05) is 0 Å². The highest BCUT2D eigenvalue weighted by molar-refractivity contribution is 5.21. The Morgan fingerprint density at radius 1 is 1.50 bits per heavy atom. The molecule has 5 heteroatoms. The van der Waals surface area contributed by atoms with Crippen molar-refractivity contribution in [3.05, 3.63) is 17.5 Å². The maximum Gasteiger partial charge on any atom is 0.0594 e. The second-order valence-corrected chi connectivity index (χ2v) is 4.21. The fourth-order valence-corrected chi connectivity index (χ4v) is 2.20. The van der Waals surface area contributed by atoms with Crippen LogP contribution in [0.5, 0.6) is 0 Å². The zero-order valence-electron chi connectivity index (χ0n) is 10.0. The highest BCUT2D eigenvalue weighted by atomic mass is 16.5. The normalized spacial score (nSPS) is 19.9. The SMILES string of the molecule is Cc1c(C(CN)N2CCOCC2)cnn1C. The minimum atomic E-state index is 0.276. The Hall–Kier alpha value is -0.910. The summed E-state index contributed by atoms with van der Waals surface area (Å²) in [5.74, 6) is 0. The molecular formula is C11H20N4O. The standard InChI is InChI=1S/C11H20N4O/c1-9-10(8-13-14(9)2)11(7-12)15-3-5-16-6-4-15/h8,11H,3-7,12H2,1-2H3. The second-order valence-electron chi connectivity index (χ2n) is 4.21. The molecule has 2 heterocycles. The quantitative estimate of drug-likeness (QED) is 0.789. The van der Waals surface area contributed by atoms with E-state index in [4.69, 9.17) is 10.5 Å². The zero-order chi connectivity index (χ0) is 11.5. The minimum absolute atomic E-state index is 0.276. The molecule has 1 saturated heterocycles. The first-order chi connectivity index (χ1) is 7.74. The van der Waals surface area contributed by atoms with Crippen LogP contribution in [0.3, 0.4) is 0 Å². The van der Waals surface area contributed by atoms with Crippen molar-refractivity contribution in [1.29, 1.82) is 0 Å². The third-order valence-corrected chi connectivity index (χ3v) is 3.34. The van der Waals surface area contributed by atoms with Crippen molar-refractivity contribution in [3.8, 4) is 0 Å². The monoisotopic (exact) mass is 224 g/mol. The summed E-state index contributed by atoms with van der Waals surface area (Å²) < 4.78 is 7.26. The summed E-state index contributed by atoms with van der Waals surface area (Å²) in [7, 11) is 1.96. The van der Waals surface area contributed by atoms with Gasteiger partial charge < -0.3 is 10.5 Å². The molecule has 1 fully saturated rings. The predicted octanol–water partition coefficient (Wildman–Crippen LogP) is 0.0605. The summed E-state index contributed by atoms with van der Waals surface area (Å²) in [6.45, 7) is 6.23. The average Bonchev–Trinajstić information content (AvgIpc) is 2.64. The first kappa shape index (κ1) is 11.6. The lowest BCUT2D eigenvalue weighted by atomic mass is 10.1. The van der Waals surface area contributed by atoms with Crippen molar-refractivity contribution in [3.63, 3.8) is 0 Å². The van der Waals surface area contributed by atoms with Crippen LogP contribution in [0.4, 0.5) is 0 Å². The van der Waals surface area contributed by atoms with Gasteiger partial charge in [0, 0.05) is 37.9 Å². The van der Waals surface area contributed by atoms with Gasteiger partial charge in [-0.25, -0.2) is 0 Å². The van der Waals surface area contributed by atoms with Gasteiger partial charge in [-0.2, -0.15) is 5.10 Å². The number of morpholine rings is 1. The third kappa shape index (κ3) is 2.11. The van der Waals surface area contributed by atoms with Gasteiger partial charge in [0.2, 0.25) is 0 Å². The molecule has 0 aromatic carbocycles. The maximum absolute atomic E-state index is 5.89. The number of nitrogens with zero attached hydrogens (tertiary/aromatic N) is 3. The highest BCUT2D eigenvalue weighted by Crippen LogP contribution is 2.23. The molecule has 0 aliphatic carbocycles. The van der Waals surface area contributed by atoms with Crippen LogP contribution in [-0.2, 0) is 11.8 Å². The van der Waals surface area contributed by atoms with Crippen molar-refractivity contribution in [1.82, 2.24) is 14.7 Å². The number of aromatic nitrogens is 2. The first-order valence-electron chi connectivity index (χ1n) is 5.74. The lowest BCUT2D eigenvalue weighted by Gasteiger charge is -2.33. The molecule has 2 N–H and O–H groups in total. The van der Waals surface area contributed by atoms with E-state index in [9.17, 15) is 0 Å². The average molecular weight is 224 g/mol. The van der Waals surface area contributed by atoms with Crippen LogP contribution in [-0.4, -0.2) is 47.5 Å².